The van der Waals surface area contributed by atoms with Gasteiger partial charge in [0.1, 0.15) is 10.8 Å². The molecular weight excluding hydrogens is 512 g/mol. The molecule has 0 saturated carbocycles. The van der Waals surface area contributed by atoms with Crippen molar-refractivity contribution in [2.75, 3.05) is 6.54 Å². The first-order chi connectivity index (χ1) is 16.8. The quantitative estimate of drug-likeness (QED) is 0.197. The maximum absolute atomic E-state index is 13.9. The van der Waals surface area contributed by atoms with Gasteiger partial charge in [-0.2, -0.15) is 26.3 Å². The standard InChI is InChI=1S/C24H22ClF6N3O2/c1-3-8-32-22(36)16-10-14-11-18(34(4-2)21(14)33-20(16)25)19(35)12-17(24(29,30)31)13-6-5-7-15(9-13)23(26,27)28/h5-7,9-11,17H,3-4,8,12H2,1-2H3,(H,32,36). The number of Topliss-reactive ketones (excluding diaryl/α,β-unsaturated/α-hetero) is 1. The normalized spacial score (nSPS) is 13.1. The molecule has 1 N–H and O–H groups in total. The number of benzene rings is 1. The van der Waals surface area contributed by atoms with Gasteiger partial charge in [0, 0.05) is 24.9 Å². The lowest BCUT2D eigenvalue weighted by Gasteiger charge is -2.21. The van der Waals surface area contributed by atoms with E-state index in [1.54, 1.807) is 6.92 Å². The van der Waals surface area contributed by atoms with Gasteiger partial charge in [0.05, 0.1) is 22.7 Å². The molecule has 3 rings (SSSR count). The Bertz CT molecular complexity index is 1280. The van der Waals surface area contributed by atoms with Crippen LogP contribution in [0.15, 0.2) is 36.4 Å². The first-order valence-corrected chi connectivity index (χ1v) is 11.4. The average Bonchev–Trinajstić information content (AvgIpc) is 3.16. The average molecular weight is 534 g/mol. The minimum Gasteiger partial charge on any atom is -0.352 e. The fraction of sp³-hybridized carbons (Fsp3) is 0.375. The van der Waals surface area contributed by atoms with Crippen LogP contribution in [0.5, 0.6) is 0 Å². The number of rotatable bonds is 8. The van der Waals surface area contributed by atoms with Crippen LogP contribution in [-0.2, 0) is 12.7 Å². The molecule has 0 bridgehead atoms. The number of hydrogen-bond donors (Lipinski definition) is 1. The molecule has 2 heterocycles. The second-order valence-corrected chi connectivity index (χ2v) is 8.47. The van der Waals surface area contributed by atoms with Gasteiger partial charge < -0.3 is 9.88 Å². The molecule has 1 unspecified atom stereocenters. The summed E-state index contributed by atoms with van der Waals surface area (Å²) in [5, 5.41) is 2.82. The van der Waals surface area contributed by atoms with E-state index in [-0.39, 0.29) is 28.6 Å². The van der Waals surface area contributed by atoms with Crippen LogP contribution in [-0.4, -0.2) is 34.0 Å². The first kappa shape index (κ1) is 27.5. The van der Waals surface area contributed by atoms with Crippen molar-refractivity contribution in [3.05, 3.63) is 63.9 Å². The van der Waals surface area contributed by atoms with E-state index in [1.165, 1.54) is 16.7 Å². The van der Waals surface area contributed by atoms with Crippen LogP contribution in [0.4, 0.5) is 26.3 Å². The Kier molecular flexibility index (Phi) is 8.02. The summed E-state index contributed by atoms with van der Waals surface area (Å²) in [6, 6.07) is 5.56. The maximum atomic E-state index is 13.9. The monoisotopic (exact) mass is 533 g/mol. The number of amides is 1. The molecule has 0 radical (unpaired) electrons. The minimum absolute atomic E-state index is 0.0435. The molecule has 1 amide bonds. The number of carbonyl (C=O) groups excluding carboxylic acids is 2. The van der Waals surface area contributed by atoms with Gasteiger partial charge in [-0.15, -0.1) is 0 Å². The number of pyridine rings is 1. The molecule has 0 spiro atoms. The zero-order valence-electron chi connectivity index (χ0n) is 19.2. The fourth-order valence-corrected chi connectivity index (χ4v) is 4.07. The van der Waals surface area contributed by atoms with Crippen molar-refractivity contribution in [3.8, 4) is 0 Å². The van der Waals surface area contributed by atoms with E-state index in [0.717, 1.165) is 12.1 Å². The van der Waals surface area contributed by atoms with Crippen LogP contribution < -0.4 is 5.32 Å². The number of nitrogens with one attached hydrogen (secondary N) is 1. The highest BCUT2D eigenvalue weighted by molar-refractivity contribution is 6.33. The predicted octanol–water partition coefficient (Wildman–Crippen LogP) is 6.79. The van der Waals surface area contributed by atoms with Gasteiger partial charge >= 0.3 is 12.4 Å². The summed E-state index contributed by atoms with van der Waals surface area (Å²) in [4.78, 5) is 29.6. The molecule has 0 fully saturated rings. The number of aromatic nitrogens is 2. The number of carbonyl (C=O) groups is 2. The molecule has 36 heavy (non-hydrogen) atoms. The third-order valence-corrected chi connectivity index (χ3v) is 5.89. The van der Waals surface area contributed by atoms with Crippen LogP contribution in [0.25, 0.3) is 11.0 Å². The highest BCUT2D eigenvalue weighted by Crippen LogP contribution is 2.40. The molecule has 12 heteroatoms. The van der Waals surface area contributed by atoms with Crippen LogP contribution in [0.1, 0.15) is 64.6 Å². The fourth-order valence-electron chi connectivity index (χ4n) is 3.85. The van der Waals surface area contributed by atoms with Crippen molar-refractivity contribution in [2.45, 2.75) is 51.5 Å². The van der Waals surface area contributed by atoms with Gasteiger partial charge in [0.15, 0.2) is 5.78 Å². The summed E-state index contributed by atoms with van der Waals surface area (Å²) in [7, 11) is 0. The molecule has 1 atom stereocenters. The van der Waals surface area contributed by atoms with Gasteiger partial charge in [0.2, 0.25) is 0 Å². The van der Waals surface area contributed by atoms with Crippen LogP contribution >= 0.6 is 11.6 Å². The van der Waals surface area contributed by atoms with E-state index in [9.17, 15) is 35.9 Å². The molecule has 0 aliphatic carbocycles. The second-order valence-electron chi connectivity index (χ2n) is 8.11. The lowest BCUT2D eigenvalue weighted by molar-refractivity contribution is -0.150. The summed E-state index contributed by atoms with van der Waals surface area (Å²) >= 11 is 6.16. The van der Waals surface area contributed by atoms with Crippen molar-refractivity contribution < 1.29 is 35.9 Å². The lowest BCUT2D eigenvalue weighted by Crippen LogP contribution is -2.25. The Hall–Kier alpha value is -3.08. The number of hydrogen-bond acceptors (Lipinski definition) is 3. The SMILES string of the molecule is CCCNC(=O)c1cc2cc(C(=O)CC(c3cccc(C(F)(F)F)c3)C(F)(F)F)n(CC)c2nc1Cl. The molecule has 2 aromatic heterocycles. The lowest BCUT2D eigenvalue weighted by atomic mass is 9.91. The number of halogens is 7. The van der Waals surface area contributed by atoms with Gasteiger partial charge in [0.25, 0.3) is 5.91 Å². The maximum Gasteiger partial charge on any atom is 0.416 e. The van der Waals surface area contributed by atoms with Gasteiger partial charge in [-0.05, 0) is 37.1 Å². The van der Waals surface area contributed by atoms with Gasteiger partial charge in [-0.1, -0.05) is 36.7 Å². The molecule has 0 aliphatic rings. The number of aryl methyl sites for hydroxylation is 1. The Balaban J connectivity index is 2.02. The Morgan fingerprint density at radius 2 is 1.78 bits per heavy atom. The largest absolute Gasteiger partial charge is 0.416 e. The molecule has 3 aromatic rings. The van der Waals surface area contributed by atoms with Crippen molar-refractivity contribution >= 4 is 34.3 Å². The second kappa shape index (κ2) is 10.5. The minimum atomic E-state index is -4.98. The Morgan fingerprint density at radius 3 is 2.36 bits per heavy atom. The van der Waals surface area contributed by atoms with Crippen molar-refractivity contribution in [3.63, 3.8) is 0 Å². The molecule has 0 aliphatic heterocycles. The van der Waals surface area contributed by atoms with E-state index < -0.39 is 47.5 Å². The van der Waals surface area contributed by atoms with Gasteiger partial charge in [-0.3, -0.25) is 9.59 Å². The third-order valence-electron chi connectivity index (χ3n) is 5.61. The van der Waals surface area contributed by atoms with E-state index in [2.05, 4.69) is 10.3 Å². The van der Waals surface area contributed by atoms with Crippen molar-refractivity contribution in [1.29, 1.82) is 0 Å². The Labute approximate surface area is 207 Å². The molecule has 0 saturated heterocycles. The van der Waals surface area contributed by atoms with Crippen LogP contribution in [0.3, 0.4) is 0 Å². The summed E-state index contributed by atoms with van der Waals surface area (Å²) in [5.74, 6) is -3.89. The highest BCUT2D eigenvalue weighted by Gasteiger charge is 2.43. The van der Waals surface area contributed by atoms with Crippen LogP contribution in [0.2, 0.25) is 5.15 Å². The van der Waals surface area contributed by atoms with Crippen molar-refractivity contribution in [1.82, 2.24) is 14.9 Å². The molecular formula is C24H22ClF6N3O2. The summed E-state index contributed by atoms with van der Waals surface area (Å²) in [5.41, 5.74) is -1.79. The predicted molar refractivity (Wildman–Crippen MR) is 122 cm³/mol. The van der Waals surface area contributed by atoms with E-state index >= 15 is 0 Å². The summed E-state index contributed by atoms with van der Waals surface area (Å²) in [6.07, 6.45) is -10.2. The van der Waals surface area contributed by atoms with E-state index in [1.807, 2.05) is 6.92 Å². The zero-order chi connectivity index (χ0) is 26.8. The van der Waals surface area contributed by atoms with Crippen LogP contribution in [0, 0.1) is 0 Å². The molecule has 1 aromatic carbocycles. The summed E-state index contributed by atoms with van der Waals surface area (Å²) in [6.45, 7) is 4.04. The molecule has 194 valence electrons. The highest BCUT2D eigenvalue weighted by atomic mass is 35.5. The summed E-state index contributed by atoms with van der Waals surface area (Å²) < 4.78 is 82.2. The number of nitrogens with zero attached hydrogens (tertiary/aromatic N) is 2. The third kappa shape index (κ3) is 5.83. The van der Waals surface area contributed by atoms with E-state index in [4.69, 9.17) is 11.6 Å². The topological polar surface area (TPSA) is 64.0 Å². The van der Waals surface area contributed by atoms with E-state index in [0.29, 0.717) is 30.5 Å². The molecule has 5 nitrogen and oxygen atoms in total. The number of fused-ring (bicyclic) bond motifs is 1. The number of ketones is 1. The zero-order valence-corrected chi connectivity index (χ0v) is 20.0. The number of alkyl halides is 6. The van der Waals surface area contributed by atoms with Gasteiger partial charge in [-0.25, -0.2) is 4.98 Å². The van der Waals surface area contributed by atoms with Crippen molar-refractivity contribution in [2.24, 2.45) is 0 Å². The Morgan fingerprint density at radius 1 is 1.08 bits per heavy atom. The smallest absolute Gasteiger partial charge is 0.352 e. The first-order valence-electron chi connectivity index (χ1n) is 11.0.